The zero-order valence-corrected chi connectivity index (χ0v) is 25.0. The number of benzene rings is 3. The van der Waals surface area contributed by atoms with E-state index in [1.807, 2.05) is 55.5 Å². The molecule has 1 saturated heterocycles. The van der Waals surface area contributed by atoms with Crippen LogP contribution in [0.2, 0.25) is 0 Å². The molecule has 1 aliphatic heterocycles. The zero-order valence-electron chi connectivity index (χ0n) is 25.0. The molecule has 8 heteroatoms. The molecule has 0 amide bonds. The van der Waals surface area contributed by atoms with Gasteiger partial charge in [0.2, 0.25) is 5.88 Å². The molecule has 226 valence electrons. The Morgan fingerprint density at radius 1 is 1.02 bits per heavy atom. The predicted molar refractivity (Wildman–Crippen MR) is 172 cm³/mol. The van der Waals surface area contributed by atoms with E-state index in [0.29, 0.717) is 30.0 Å². The number of rotatable bonds is 13. The molecule has 1 fully saturated rings. The molecular formula is C36H36FN3O4. The summed E-state index contributed by atoms with van der Waals surface area (Å²) >= 11 is 0. The normalized spacial score (nSPS) is 13.8. The third kappa shape index (κ3) is 7.71. The van der Waals surface area contributed by atoms with Crippen LogP contribution in [0.15, 0.2) is 97.7 Å². The average Bonchev–Trinajstić information content (AvgIpc) is 3.00. The van der Waals surface area contributed by atoms with Crippen LogP contribution in [-0.4, -0.2) is 37.3 Å². The number of nitrogens with one attached hydrogen (secondary N) is 2. The van der Waals surface area contributed by atoms with Gasteiger partial charge in [-0.15, -0.1) is 0 Å². The van der Waals surface area contributed by atoms with Crippen LogP contribution < -0.4 is 15.4 Å². The molecule has 5 rings (SSSR count). The minimum Gasteiger partial charge on any atom is -0.473 e. The van der Waals surface area contributed by atoms with E-state index in [4.69, 9.17) is 14.2 Å². The van der Waals surface area contributed by atoms with Crippen molar-refractivity contribution in [1.29, 1.82) is 0 Å². The number of ether oxygens (including phenoxy) is 3. The Labute approximate surface area is 257 Å². The molecule has 1 aromatic heterocycles. The lowest BCUT2D eigenvalue weighted by Gasteiger charge is -2.27. The van der Waals surface area contributed by atoms with E-state index in [2.05, 4.69) is 28.8 Å². The number of carbonyl (C=O) groups is 1. The summed E-state index contributed by atoms with van der Waals surface area (Å²) in [6.45, 7) is 11.4. The molecule has 0 aliphatic carbocycles. The molecule has 3 aromatic carbocycles. The summed E-state index contributed by atoms with van der Waals surface area (Å²) in [5, 5.41) is 6.77. The van der Waals surface area contributed by atoms with Gasteiger partial charge in [0.25, 0.3) is 0 Å². The van der Waals surface area contributed by atoms with Gasteiger partial charge in [0, 0.05) is 42.5 Å². The molecule has 0 unspecified atom stereocenters. The third-order valence-corrected chi connectivity index (χ3v) is 7.38. The summed E-state index contributed by atoms with van der Waals surface area (Å²) in [5.41, 5.74) is 7.61. The van der Waals surface area contributed by atoms with Crippen molar-refractivity contribution in [3.63, 3.8) is 0 Å². The number of anilines is 2. The first kappa shape index (κ1) is 30.5. The fourth-order valence-electron chi connectivity index (χ4n) is 4.73. The van der Waals surface area contributed by atoms with E-state index in [9.17, 15) is 9.18 Å². The van der Waals surface area contributed by atoms with Gasteiger partial charge in [0.1, 0.15) is 12.4 Å². The van der Waals surface area contributed by atoms with E-state index >= 15 is 0 Å². The molecule has 1 aliphatic rings. The highest BCUT2D eigenvalue weighted by Crippen LogP contribution is 2.28. The zero-order chi connectivity index (χ0) is 31.1. The van der Waals surface area contributed by atoms with Crippen molar-refractivity contribution in [1.82, 2.24) is 4.98 Å². The lowest BCUT2D eigenvalue weighted by Crippen LogP contribution is -2.33. The minimum atomic E-state index is -0.396. The maximum atomic E-state index is 14.5. The number of hydrogen-bond acceptors (Lipinski definition) is 7. The maximum absolute atomic E-state index is 14.5. The van der Waals surface area contributed by atoms with Gasteiger partial charge in [-0.3, -0.25) is 0 Å². The molecule has 7 nitrogen and oxygen atoms in total. The second-order valence-corrected chi connectivity index (χ2v) is 10.8. The quantitative estimate of drug-likeness (QED) is 0.154. The molecule has 1 atom stereocenters. The number of aromatic nitrogens is 1. The Morgan fingerprint density at radius 3 is 2.48 bits per heavy atom. The highest BCUT2D eigenvalue weighted by atomic mass is 19.1. The molecule has 2 heterocycles. The number of carbonyl (C=O) groups excluding carboxylic acids is 1. The predicted octanol–water partition coefficient (Wildman–Crippen LogP) is 7.66. The maximum Gasteiger partial charge on any atom is 0.337 e. The van der Waals surface area contributed by atoms with Gasteiger partial charge in [-0.2, -0.15) is 0 Å². The van der Waals surface area contributed by atoms with E-state index in [-0.39, 0.29) is 18.5 Å². The van der Waals surface area contributed by atoms with Crippen LogP contribution in [0.25, 0.3) is 16.8 Å². The van der Waals surface area contributed by atoms with Crippen LogP contribution in [-0.2, 0) is 22.5 Å². The fraction of sp³-hybridized carbons (Fsp3) is 0.222. The van der Waals surface area contributed by atoms with Gasteiger partial charge in [-0.1, -0.05) is 61.2 Å². The number of hydrogen-bond donors (Lipinski definition) is 2. The van der Waals surface area contributed by atoms with E-state index in [1.54, 1.807) is 24.3 Å². The van der Waals surface area contributed by atoms with Crippen molar-refractivity contribution in [2.24, 2.45) is 0 Å². The summed E-state index contributed by atoms with van der Waals surface area (Å²) in [7, 11) is 1.37. The summed E-state index contributed by atoms with van der Waals surface area (Å²) in [4.78, 5) is 16.7. The molecule has 4 aromatic rings. The number of halogens is 1. The number of methoxy groups -OCH3 is 1. The van der Waals surface area contributed by atoms with E-state index in [1.165, 1.54) is 13.2 Å². The lowest BCUT2D eigenvalue weighted by atomic mass is 10.0. The van der Waals surface area contributed by atoms with Crippen LogP contribution in [0.1, 0.15) is 40.4 Å². The molecule has 0 bridgehead atoms. The highest BCUT2D eigenvalue weighted by molar-refractivity contribution is 5.92. The van der Waals surface area contributed by atoms with E-state index in [0.717, 1.165) is 58.1 Å². The first-order valence-electron chi connectivity index (χ1n) is 14.4. The van der Waals surface area contributed by atoms with Crippen molar-refractivity contribution < 1.29 is 23.4 Å². The number of esters is 1. The molecular weight excluding hydrogens is 557 g/mol. The second kappa shape index (κ2) is 14.0. The second-order valence-electron chi connectivity index (χ2n) is 10.8. The lowest BCUT2D eigenvalue weighted by molar-refractivity contribution is -0.0410. The van der Waals surface area contributed by atoms with Crippen LogP contribution >= 0.6 is 0 Å². The molecule has 44 heavy (non-hydrogen) atoms. The van der Waals surface area contributed by atoms with Crippen LogP contribution in [0.4, 0.5) is 15.8 Å². The Kier molecular flexibility index (Phi) is 9.72. The van der Waals surface area contributed by atoms with Crippen molar-refractivity contribution in [3.05, 3.63) is 126 Å². The SMILES string of the molecule is C=C(Cc1ccc(-c2cccc(OCc3ccc(C(=C)C)cc3F)n2)cc1)Nc1ccc(C(=O)OC)cc1NC[C@@H]1CCO1. The summed E-state index contributed by atoms with van der Waals surface area (Å²) in [6.07, 6.45) is 1.76. The van der Waals surface area contributed by atoms with Gasteiger partial charge in [-0.25, -0.2) is 14.2 Å². The van der Waals surface area contributed by atoms with Gasteiger partial charge in [-0.05, 0) is 54.8 Å². The summed E-state index contributed by atoms with van der Waals surface area (Å²) in [6, 6.07) is 24.0. The number of nitrogens with zero attached hydrogens (tertiary/aromatic N) is 1. The van der Waals surface area contributed by atoms with E-state index < -0.39 is 5.97 Å². The number of allylic oxidation sites excluding steroid dienone is 2. The third-order valence-electron chi connectivity index (χ3n) is 7.38. The van der Waals surface area contributed by atoms with Crippen LogP contribution in [0.3, 0.4) is 0 Å². The highest BCUT2D eigenvalue weighted by Gasteiger charge is 2.19. The Morgan fingerprint density at radius 2 is 1.80 bits per heavy atom. The Balaban J connectivity index is 1.20. The van der Waals surface area contributed by atoms with Gasteiger partial charge in [0.15, 0.2) is 0 Å². The molecule has 0 radical (unpaired) electrons. The largest absolute Gasteiger partial charge is 0.473 e. The van der Waals surface area contributed by atoms with Crippen molar-refractivity contribution in [2.45, 2.75) is 32.5 Å². The smallest absolute Gasteiger partial charge is 0.337 e. The van der Waals surface area contributed by atoms with Crippen molar-refractivity contribution in [2.75, 3.05) is 30.9 Å². The van der Waals surface area contributed by atoms with Crippen molar-refractivity contribution in [3.8, 4) is 17.1 Å². The molecule has 0 spiro atoms. The monoisotopic (exact) mass is 593 g/mol. The fourth-order valence-corrected chi connectivity index (χ4v) is 4.73. The average molecular weight is 594 g/mol. The summed E-state index contributed by atoms with van der Waals surface area (Å²) in [5.74, 6) is -0.311. The standard InChI is InChI=1S/C36H36FN3O4/c1-23(2)27-12-13-29(31(37)19-27)22-44-35-7-5-6-32(40-35)26-10-8-25(9-11-26)18-24(3)39-33-15-14-28(36(41)42-4)20-34(33)38-21-30-16-17-43-30/h5-15,19-20,30,38-39H,1,3,16-18,21-22H2,2,4H3/t30-/m0/s1. The summed E-state index contributed by atoms with van der Waals surface area (Å²) < 4.78 is 30.7. The van der Waals surface area contributed by atoms with Crippen LogP contribution in [0, 0.1) is 5.82 Å². The first-order valence-corrected chi connectivity index (χ1v) is 14.4. The minimum absolute atomic E-state index is 0.0732. The Hall–Kier alpha value is -4.95. The molecule has 2 N–H and O–H groups in total. The topological polar surface area (TPSA) is 81.7 Å². The van der Waals surface area contributed by atoms with Gasteiger partial charge < -0.3 is 24.8 Å². The van der Waals surface area contributed by atoms with Crippen molar-refractivity contribution >= 4 is 22.9 Å². The Bertz CT molecular complexity index is 1660. The molecule has 0 saturated carbocycles. The van der Waals surface area contributed by atoms with Gasteiger partial charge in [0.05, 0.1) is 35.8 Å². The van der Waals surface area contributed by atoms with Crippen LogP contribution in [0.5, 0.6) is 5.88 Å². The first-order chi connectivity index (χ1) is 21.3. The number of pyridine rings is 1. The van der Waals surface area contributed by atoms with Gasteiger partial charge >= 0.3 is 5.97 Å².